The van der Waals surface area contributed by atoms with Crippen molar-refractivity contribution in [2.24, 2.45) is 0 Å². The lowest BCUT2D eigenvalue weighted by atomic mass is 10.1. The van der Waals surface area contributed by atoms with Crippen LogP contribution in [0.5, 0.6) is 0 Å². The van der Waals surface area contributed by atoms with Crippen LogP contribution < -0.4 is 10.6 Å². The Morgan fingerprint density at radius 3 is 2.15 bits per heavy atom. The molecule has 0 radical (unpaired) electrons. The van der Waals surface area contributed by atoms with Crippen molar-refractivity contribution in [1.29, 1.82) is 0 Å². The number of amides is 2. The van der Waals surface area contributed by atoms with Gasteiger partial charge < -0.3 is 10.6 Å². The molecule has 0 spiro atoms. The lowest BCUT2D eigenvalue weighted by molar-refractivity contribution is -0.117. The minimum atomic E-state index is -0.155. The molecule has 5 heteroatoms. The Balaban J connectivity index is 1.59. The van der Waals surface area contributed by atoms with Gasteiger partial charge in [0.2, 0.25) is 5.91 Å². The van der Waals surface area contributed by atoms with Gasteiger partial charge in [0, 0.05) is 16.9 Å². The summed E-state index contributed by atoms with van der Waals surface area (Å²) in [5.74, 6) is -0.169. The quantitative estimate of drug-likeness (QED) is 0.865. The van der Waals surface area contributed by atoms with E-state index in [0.717, 1.165) is 42.7 Å². The first-order chi connectivity index (χ1) is 12.5. The number of para-hydroxylation sites is 1. The van der Waals surface area contributed by atoms with E-state index in [-0.39, 0.29) is 11.8 Å². The van der Waals surface area contributed by atoms with Crippen LogP contribution in [-0.4, -0.2) is 36.3 Å². The average Bonchev–Trinajstić information content (AvgIpc) is 3.11. The molecule has 2 N–H and O–H groups in total. The van der Waals surface area contributed by atoms with E-state index < -0.39 is 0 Å². The molecule has 3 rings (SSSR count). The highest BCUT2D eigenvalue weighted by Gasteiger charge is 2.15. The topological polar surface area (TPSA) is 61.4 Å². The zero-order valence-corrected chi connectivity index (χ0v) is 15.3. The molecular formula is C21H25N3O2. The van der Waals surface area contributed by atoms with Gasteiger partial charge in [0.05, 0.1) is 6.54 Å². The number of hydrogen-bond donors (Lipinski definition) is 2. The number of carbonyl (C=O) groups is 2. The molecule has 1 saturated heterocycles. The minimum absolute atomic E-state index is 0.0142. The molecule has 0 aliphatic carbocycles. The lowest BCUT2D eigenvalue weighted by Gasteiger charge is -2.14. The Morgan fingerprint density at radius 2 is 1.54 bits per heavy atom. The predicted molar refractivity (Wildman–Crippen MR) is 105 cm³/mol. The molecule has 0 saturated carbocycles. The molecular weight excluding hydrogens is 326 g/mol. The van der Waals surface area contributed by atoms with Crippen LogP contribution in [0.1, 0.15) is 34.3 Å². The van der Waals surface area contributed by atoms with Crippen LogP contribution in [-0.2, 0) is 4.79 Å². The summed E-state index contributed by atoms with van der Waals surface area (Å²) >= 11 is 0. The van der Waals surface area contributed by atoms with Gasteiger partial charge in [0.1, 0.15) is 0 Å². The van der Waals surface area contributed by atoms with Crippen LogP contribution in [0, 0.1) is 13.8 Å². The first kappa shape index (κ1) is 18.1. The van der Waals surface area contributed by atoms with Gasteiger partial charge in [0.15, 0.2) is 0 Å². The van der Waals surface area contributed by atoms with Gasteiger partial charge in [-0.1, -0.05) is 18.2 Å². The molecule has 0 unspecified atom stereocenters. The van der Waals surface area contributed by atoms with Gasteiger partial charge in [-0.25, -0.2) is 0 Å². The molecule has 1 aliphatic heterocycles. The predicted octanol–water partition coefficient (Wildman–Crippen LogP) is 3.59. The highest BCUT2D eigenvalue weighted by Crippen LogP contribution is 2.20. The van der Waals surface area contributed by atoms with Crippen molar-refractivity contribution in [2.45, 2.75) is 26.7 Å². The fraction of sp³-hybridized carbons (Fsp3) is 0.333. The minimum Gasteiger partial charge on any atom is -0.325 e. The fourth-order valence-corrected chi connectivity index (χ4v) is 3.25. The van der Waals surface area contributed by atoms with Crippen LogP contribution in [0.4, 0.5) is 11.4 Å². The van der Waals surface area contributed by atoms with Crippen molar-refractivity contribution < 1.29 is 9.59 Å². The van der Waals surface area contributed by atoms with Gasteiger partial charge in [-0.15, -0.1) is 0 Å². The zero-order valence-electron chi connectivity index (χ0n) is 15.3. The Bertz CT molecular complexity index is 773. The summed E-state index contributed by atoms with van der Waals surface area (Å²) in [5.41, 5.74) is 4.18. The molecule has 1 heterocycles. The van der Waals surface area contributed by atoms with Gasteiger partial charge in [0.25, 0.3) is 5.91 Å². The number of rotatable bonds is 5. The second kappa shape index (κ2) is 8.15. The summed E-state index contributed by atoms with van der Waals surface area (Å²) in [6.45, 7) is 6.35. The largest absolute Gasteiger partial charge is 0.325 e. The summed E-state index contributed by atoms with van der Waals surface area (Å²) in [5, 5.41) is 5.86. The van der Waals surface area contributed by atoms with Crippen LogP contribution in [0.15, 0.2) is 42.5 Å². The maximum Gasteiger partial charge on any atom is 0.255 e. The van der Waals surface area contributed by atoms with Crippen molar-refractivity contribution in [3.63, 3.8) is 0 Å². The lowest BCUT2D eigenvalue weighted by Crippen LogP contribution is -2.30. The molecule has 0 aromatic heterocycles. The Hall–Kier alpha value is -2.66. The van der Waals surface area contributed by atoms with Crippen molar-refractivity contribution >= 4 is 23.2 Å². The standard InChI is InChI=1S/C21H25N3O2/c1-15-6-5-7-16(2)20(15)23-21(26)17-8-10-18(11-9-17)22-19(25)14-24-12-3-4-13-24/h5-11H,3-4,12-14H2,1-2H3,(H,22,25)(H,23,26). The molecule has 2 aromatic carbocycles. The fourth-order valence-electron chi connectivity index (χ4n) is 3.25. The van der Waals surface area contributed by atoms with E-state index in [4.69, 9.17) is 0 Å². The maximum atomic E-state index is 12.5. The van der Waals surface area contributed by atoms with Crippen LogP contribution >= 0.6 is 0 Å². The van der Waals surface area contributed by atoms with Crippen LogP contribution in [0.2, 0.25) is 0 Å². The number of nitrogens with zero attached hydrogens (tertiary/aromatic N) is 1. The zero-order chi connectivity index (χ0) is 18.5. The van der Waals surface area contributed by atoms with Crippen molar-refractivity contribution in [1.82, 2.24) is 4.90 Å². The van der Waals surface area contributed by atoms with E-state index in [2.05, 4.69) is 15.5 Å². The van der Waals surface area contributed by atoms with Crippen molar-refractivity contribution in [2.75, 3.05) is 30.3 Å². The third kappa shape index (κ3) is 4.49. The maximum absolute atomic E-state index is 12.5. The van der Waals surface area contributed by atoms with Gasteiger partial charge in [-0.3, -0.25) is 14.5 Å². The van der Waals surface area contributed by atoms with Crippen molar-refractivity contribution in [3.8, 4) is 0 Å². The first-order valence-corrected chi connectivity index (χ1v) is 9.03. The van der Waals surface area contributed by atoms with E-state index in [1.54, 1.807) is 24.3 Å². The molecule has 2 aromatic rings. The number of benzene rings is 2. The van der Waals surface area contributed by atoms with Gasteiger partial charge >= 0.3 is 0 Å². The molecule has 5 nitrogen and oxygen atoms in total. The smallest absolute Gasteiger partial charge is 0.255 e. The second-order valence-electron chi connectivity index (χ2n) is 6.83. The molecule has 1 aliphatic rings. The second-order valence-corrected chi connectivity index (χ2v) is 6.83. The van der Waals surface area contributed by atoms with Crippen molar-refractivity contribution in [3.05, 3.63) is 59.2 Å². The monoisotopic (exact) mass is 351 g/mol. The van der Waals surface area contributed by atoms with E-state index in [0.29, 0.717) is 17.8 Å². The third-order valence-electron chi connectivity index (χ3n) is 4.72. The number of likely N-dealkylation sites (tertiary alicyclic amines) is 1. The number of hydrogen-bond acceptors (Lipinski definition) is 3. The van der Waals surface area contributed by atoms with E-state index in [1.165, 1.54) is 0 Å². The van der Waals surface area contributed by atoms with Crippen LogP contribution in [0.25, 0.3) is 0 Å². The van der Waals surface area contributed by atoms with E-state index >= 15 is 0 Å². The van der Waals surface area contributed by atoms with E-state index in [1.807, 2.05) is 32.0 Å². The third-order valence-corrected chi connectivity index (χ3v) is 4.72. The first-order valence-electron chi connectivity index (χ1n) is 9.03. The summed E-state index contributed by atoms with van der Waals surface area (Å²) in [6, 6.07) is 12.9. The van der Waals surface area contributed by atoms with E-state index in [9.17, 15) is 9.59 Å². The SMILES string of the molecule is Cc1cccc(C)c1NC(=O)c1ccc(NC(=O)CN2CCCC2)cc1. The van der Waals surface area contributed by atoms with Gasteiger partial charge in [-0.05, 0) is 75.2 Å². The summed E-state index contributed by atoms with van der Waals surface area (Å²) in [6.07, 6.45) is 2.33. The Labute approximate surface area is 154 Å². The Morgan fingerprint density at radius 1 is 0.923 bits per heavy atom. The normalized spacial score (nSPS) is 14.2. The molecule has 2 amide bonds. The summed E-state index contributed by atoms with van der Waals surface area (Å²) in [4.78, 5) is 26.7. The van der Waals surface area contributed by atoms with Crippen LogP contribution in [0.3, 0.4) is 0 Å². The highest BCUT2D eigenvalue weighted by atomic mass is 16.2. The van der Waals surface area contributed by atoms with Gasteiger partial charge in [-0.2, -0.15) is 0 Å². The average molecular weight is 351 g/mol. The highest BCUT2D eigenvalue weighted by molar-refractivity contribution is 6.05. The molecule has 26 heavy (non-hydrogen) atoms. The molecule has 0 atom stereocenters. The number of carbonyl (C=O) groups excluding carboxylic acids is 2. The molecule has 0 bridgehead atoms. The summed E-state index contributed by atoms with van der Waals surface area (Å²) < 4.78 is 0. The number of aryl methyl sites for hydroxylation is 2. The summed E-state index contributed by atoms with van der Waals surface area (Å²) in [7, 11) is 0. The number of anilines is 2. The Kier molecular flexibility index (Phi) is 5.68. The molecule has 1 fully saturated rings. The number of nitrogens with one attached hydrogen (secondary N) is 2. The molecule has 136 valence electrons.